The third-order valence-corrected chi connectivity index (χ3v) is 15.5. The number of ether oxygens (including phenoxy) is 3. The summed E-state index contributed by atoms with van der Waals surface area (Å²) < 4.78 is 18.8. The molecule has 0 radical (unpaired) electrons. The minimum atomic E-state index is -2.12. The Labute approximate surface area is 371 Å². The van der Waals surface area contributed by atoms with Crippen molar-refractivity contribution in [3.8, 4) is 0 Å². The van der Waals surface area contributed by atoms with E-state index in [9.17, 15) is 34.5 Å². The topological polar surface area (TPSA) is 157 Å². The highest BCUT2D eigenvalue weighted by Gasteiger charge is 2.83. The van der Waals surface area contributed by atoms with Crippen LogP contribution in [0.3, 0.4) is 0 Å². The van der Waals surface area contributed by atoms with Gasteiger partial charge in [0, 0.05) is 42.4 Å². The van der Waals surface area contributed by atoms with E-state index in [2.05, 4.69) is 67.7 Å². The summed E-state index contributed by atoms with van der Waals surface area (Å²) in [5.74, 6) is -7.92. The summed E-state index contributed by atoms with van der Waals surface area (Å²) in [6, 6.07) is 0. The Bertz CT molecular complexity index is 1760. The molecule has 1 spiro atoms. The smallest absolute Gasteiger partial charge is 0.309 e. The number of hydrogen-bond donors (Lipinski definition) is 3. The number of rotatable bonds is 21. The van der Waals surface area contributed by atoms with E-state index in [0.717, 1.165) is 38.5 Å². The van der Waals surface area contributed by atoms with Crippen molar-refractivity contribution in [1.29, 1.82) is 0 Å². The summed E-state index contributed by atoms with van der Waals surface area (Å²) in [6.07, 6.45) is 28.2. The molecule has 5 fully saturated rings. The van der Waals surface area contributed by atoms with Crippen molar-refractivity contribution < 1.29 is 48.7 Å². The van der Waals surface area contributed by atoms with Gasteiger partial charge >= 0.3 is 11.9 Å². The zero-order valence-electron chi connectivity index (χ0n) is 38.7. The second kappa shape index (κ2) is 21.0. The molecule has 3 N–H and O–H groups in total. The number of aliphatic hydroxyl groups excluding tert-OH is 1. The molecule has 344 valence electrons. The van der Waals surface area contributed by atoms with Crippen LogP contribution in [0.4, 0.5) is 0 Å². The number of ketones is 2. The fraction of sp³-hybridized carbons (Fsp3) is 0.692. The molecule has 2 heterocycles. The molecular weight excluding hydrogens is 785 g/mol. The zero-order valence-corrected chi connectivity index (χ0v) is 38.7. The lowest BCUT2D eigenvalue weighted by Gasteiger charge is -2.69. The fourth-order valence-electron chi connectivity index (χ4n) is 12.4. The lowest BCUT2D eigenvalue weighted by Crippen LogP contribution is -2.78. The molecule has 3 aliphatic carbocycles. The van der Waals surface area contributed by atoms with Gasteiger partial charge in [-0.2, -0.15) is 0 Å². The second-order valence-electron chi connectivity index (χ2n) is 19.8. The largest absolute Gasteiger partial charge is 0.461 e. The molecule has 0 aromatic rings. The first-order valence-corrected chi connectivity index (χ1v) is 23.5. The minimum absolute atomic E-state index is 0.0565. The highest BCUT2D eigenvalue weighted by molar-refractivity contribution is 5.88. The van der Waals surface area contributed by atoms with Crippen molar-refractivity contribution in [1.82, 2.24) is 0 Å². The van der Waals surface area contributed by atoms with Crippen LogP contribution in [0.5, 0.6) is 0 Å². The Hall–Kier alpha value is -3.44. The molecule has 2 bridgehead atoms. The number of esters is 2. The summed E-state index contributed by atoms with van der Waals surface area (Å²) in [7, 11) is 0. The van der Waals surface area contributed by atoms with Gasteiger partial charge in [-0.3, -0.25) is 19.2 Å². The van der Waals surface area contributed by atoms with Crippen molar-refractivity contribution in [3.63, 3.8) is 0 Å². The molecule has 5 unspecified atom stereocenters. The van der Waals surface area contributed by atoms with Gasteiger partial charge in [0.25, 0.3) is 0 Å². The molecule has 2 aliphatic heterocycles. The van der Waals surface area contributed by atoms with Gasteiger partial charge in [-0.05, 0) is 86.9 Å². The molecule has 12 atom stereocenters. The van der Waals surface area contributed by atoms with E-state index < -0.39 is 76.1 Å². The Morgan fingerprint density at radius 1 is 0.871 bits per heavy atom. The highest BCUT2D eigenvalue weighted by atomic mass is 16.7. The van der Waals surface area contributed by atoms with Gasteiger partial charge in [-0.15, -0.1) is 0 Å². The molecule has 10 nitrogen and oxygen atoms in total. The predicted octanol–water partition coefficient (Wildman–Crippen LogP) is 8.89. The van der Waals surface area contributed by atoms with Crippen molar-refractivity contribution >= 4 is 23.5 Å². The molecule has 0 amide bonds. The molecule has 2 saturated heterocycles. The molecular formula is C52H76O10. The van der Waals surface area contributed by atoms with Crippen LogP contribution in [0.2, 0.25) is 0 Å². The molecule has 5 rings (SSSR count). The maximum atomic E-state index is 14.1. The minimum Gasteiger partial charge on any atom is -0.461 e. The number of allylic oxidation sites excluding steroid dienone is 12. The Morgan fingerprint density at radius 2 is 1.40 bits per heavy atom. The van der Waals surface area contributed by atoms with E-state index in [4.69, 9.17) is 14.2 Å². The molecule has 5 aliphatic rings. The van der Waals surface area contributed by atoms with E-state index in [1.165, 1.54) is 0 Å². The number of aliphatic hydroxyl groups is 3. The lowest BCUT2D eigenvalue weighted by molar-refractivity contribution is -0.344. The Balaban J connectivity index is 1.24. The van der Waals surface area contributed by atoms with Gasteiger partial charge in [0.15, 0.2) is 17.7 Å². The van der Waals surface area contributed by atoms with Gasteiger partial charge in [0.05, 0.1) is 18.1 Å². The first-order valence-electron chi connectivity index (χ1n) is 23.5. The van der Waals surface area contributed by atoms with Crippen LogP contribution < -0.4 is 0 Å². The maximum absolute atomic E-state index is 14.1. The average molecular weight is 861 g/mol. The molecule has 3 saturated carbocycles. The SMILES string of the molecule is CC/C=C\C/C=C\C/C=C\C/C=C\C/C=C\C/C=C\CCC(=O)O[C@@H]1C(=O)CC(C)[C@@H]2C[C@H]3OC(=O)C(CC(=O)CC(O)(C(C)C)C(C)C)C4[C@@H](C)[C@@H](O)C5(O)OC[C@@]43C5[C@@]12C. The number of carbonyl (C=O) groups excluding carboxylic acids is 4. The standard InChI is InChI=1S/C52H76O10/c1-9-10-11-12-13-14-15-16-17-18-19-20-21-22-23-24-25-26-27-28-43(55)62-46-41(54)29-36(6)40-31-42-50-33-60-52(59,48(50)49(40,46)8)45(56)37(7)44(50)39(47(57)61-42)30-38(53)32-51(58,34(2)3)35(4)5/h10-11,13-14,16-17,19-20,22-23,25-26,34-37,39-40,42,44-46,48,56,58-59H,9,12,15,18,21,24,27-33H2,1-8H3/b11-10-,14-13-,17-16-,20-19-,23-22-,26-25-/t36?,37-,39?,40+,42-,44?,45-,46-,48?,49-,50+,52?/m1/s1. The van der Waals surface area contributed by atoms with Crippen LogP contribution in [-0.2, 0) is 33.4 Å². The monoisotopic (exact) mass is 861 g/mol. The quantitative estimate of drug-likeness (QED) is 0.0753. The fourth-order valence-corrected chi connectivity index (χ4v) is 12.4. The van der Waals surface area contributed by atoms with Gasteiger partial charge < -0.3 is 29.5 Å². The van der Waals surface area contributed by atoms with Crippen LogP contribution in [0.15, 0.2) is 72.9 Å². The lowest BCUT2D eigenvalue weighted by atomic mass is 9.36. The van der Waals surface area contributed by atoms with Gasteiger partial charge in [0.1, 0.15) is 18.0 Å². The molecule has 0 aromatic carbocycles. The van der Waals surface area contributed by atoms with Crippen molar-refractivity contribution in [2.45, 2.75) is 162 Å². The van der Waals surface area contributed by atoms with Gasteiger partial charge in [0.2, 0.25) is 0 Å². The molecule has 10 heteroatoms. The van der Waals surface area contributed by atoms with Gasteiger partial charge in [-0.25, -0.2) is 0 Å². The second-order valence-corrected chi connectivity index (χ2v) is 19.8. The number of fused-ring (bicyclic) bond motifs is 1. The summed E-state index contributed by atoms with van der Waals surface area (Å²) >= 11 is 0. The first kappa shape index (κ1) is 49.6. The number of hydrogen-bond acceptors (Lipinski definition) is 10. The normalized spacial score (nSPS) is 36.0. The summed E-state index contributed by atoms with van der Waals surface area (Å²) in [5, 5.41) is 36.0. The summed E-state index contributed by atoms with van der Waals surface area (Å²) in [4.78, 5) is 55.6. The van der Waals surface area contributed by atoms with Crippen LogP contribution in [-0.4, -0.2) is 75.1 Å². The molecule has 62 heavy (non-hydrogen) atoms. The maximum Gasteiger partial charge on any atom is 0.309 e. The van der Waals surface area contributed by atoms with Crippen LogP contribution in [0.25, 0.3) is 0 Å². The average Bonchev–Trinajstić information content (AvgIpc) is 3.50. The summed E-state index contributed by atoms with van der Waals surface area (Å²) in [6.45, 7) is 15.2. The van der Waals surface area contributed by atoms with E-state index in [1.807, 2.05) is 53.7 Å². The van der Waals surface area contributed by atoms with E-state index >= 15 is 0 Å². The molecule has 0 aromatic heterocycles. The van der Waals surface area contributed by atoms with Crippen LogP contribution in [0.1, 0.15) is 132 Å². The van der Waals surface area contributed by atoms with E-state index in [-0.39, 0.29) is 67.5 Å². The Kier molecular flexibility index (Phi) is 16.8. The van der Waals surface area contributed by atoms with E-state index in [1.54, 1.807) is 6.92 Å². The van der Waals surface area contributed by atoms with Gasteiger partial charge in [-0.1, -0.05) is 128 Å². The zero-order chi connectivity index (χ0) is 45.5. The van der Waals surface area contributed by atoms with E-state index in [0.29, 0.717) is 12.8 Å². The van der Waals surface area contributed by atoms with Crippen LogP contribution >= 0.6 is 0 Å². The Morgan fingerprint density at radius 3 is 1.94 bits per heavy atom. The first-order chi connectivity index (χ1) is 29.4. The number of Topliss-reactive ketones (excluding diaryl/α,β-unsaturated/α-hetero) is 2. The van der Waals surface area contributed by atoms with Crippen molar-refractivity contribution in [2.75, 3.05) is 6.61 Å². The number of carbonyl (C=O) groups is 4. The predicted molar refractivity (Wildman–Crippen MR) is 240 cm³/mol. The van der Waals surface area contributed by atoms with Crippen molar-refractivity contribution in [2.24, 2.45) is 58.2 Å². The summed E-state index contributed by atoms with van der Waals surface area (Å²) in [5.41, 5.74) is -3.54. The third kappa shape index (κ3) is 9.79. The highest BCUT2D eigenvalue weighted by Crippen LogP contribution is 2.75. The third-order valence-electron chi connectivity index (χ3n) is 15.5. The van der Waals surface area contributed by atoms with Crippen LogP contribution in [0, 0.1) is 58.2 Å². The van der Waals surface area contributed by atoms with Crippen molar-refractivity contribution in [3.05, 3.63) is 72.9 Å².